The highest BCUT2D eigenvalue weighted by Crippen LogP contribution is 2.40. The molecule has 1 aliphatic heterocycles. The fourth-order valence-electron chi connectivity index (χ4n) is 3.67. The van der Waals surface area contributed by atoms with Gasteiger partial charge in [-0.2, -0.15) is 9.82 Å². The molecule has 1 aromatic carbocycles. The van der Waals surface area contributed by atoms with Crippen LogP contribution in [0.5, 0.6) is 11.5 Å². The Labute approximate surface area is 204 Å². The number of nitrogens with one attached hydrogen (secondary N) is 2. The lowest BCUT2D eigenvalue weighted by atomic mass is 10.2. The number of hydrogen-bond donors (Lipinski definition) is 2. The van der Waals surface area contributed by atoms with Crippen molar-refractivity contribution in [3.63, 3.8) is 0 Å². The van der Waals surface area contributed by atoms with Gasteiger partial charge in [-0.1, -0.05) is 6.07 Å². The molecule has 1 unspecified atom stereocenters. The Morgan fingerprint density at radius 3 is 2.40 bits per heavy atom. The summed E-state index contributed by atoms with van der Waals surface area (Å²) in [6.07, 6.45) is 2.42. The summed E-state index contributed by atoms with van der Waals surface area (Å²) in [5, 5.41) is 3.59. The average molecular weight is 501 g/mol. The lowest BCUT2D eigenvalue weighted by molar-refractivity contribution is 0.392. The van der Waals surface area contributed by atoms with E-state index in [0.717, 1.165) is 5.69 Å². The highest BCUT2D eigenvalue weighted by Gasteiger charge is 2.39. The second-order valence-corrected chi connectivity index (χ2v) is 10.2. The van der Waals surface area contributed by atoms with Crippen molar-refractivity contribution in [3.8, 4) is 11.5 Å². The summed E-state index contributed by atoms with van der Waals surface area (Å²) in [4.78, 5) is 10.1. The van der Waals surface area contributed by atoms with E-state index < -0.39 is 21.6 Å². The van der Waals surface area contributed by atoms with Crippen LogP contribution in [-0.2, 0) is 16.4 Å². The summed E-state index contributed by atoms with van der Waals surface area (Å²) in [5.41, 5.74) is 4.70. The maximum Gasteiger partial charge on any atom is 0.217 e. The van der Waals surface area contributed by atoms with E-state index in [1.54, 1.807) is 54.5 Å². The molecule has 12 heteroatoms. The molecule has 186 valence electrons. The zero-order chi connectivity index (χ0) is 25.2. The van der Waals surface area contributed by atoms with Gasteiger partial charge in [0.15, 0.2) is 17.9 Å². The zero-order valence-corrected chi connectivity index (χ0v) is 21.0. The van der Waals surface area contributed by atoms with Gasteiger partial charge >= 0.3 is 0 Å². The van der Waals surface area contributed by atoms with Crippen LogP contribution in [0.3, 0.4) is 0 Å². The van der Waals surface area contributed by atoms with Crippen molar-refractivity contribution in [3.05, 3.63) is 65.6 Å². The highest BCUT2D eigenvalue weighted by molar-refractivity contribution is 7.90. The number of sulfonamides is 1. The number of rotatable bonds is 9. The van der Waals surface area contributed by atoms with E-state index in [1.807, 2.05) is 13.8 Å². The Balaban J connectivity index is 1.68. The smallest absolute Gasteiger partial charge is 0.217 e. The first kappa shape index (κ1) is 24.5. The number of amidine groups is 1. The van der Waals surface area contributed by atoms with Crippen LogP contribution in [-0.4, -0.2) is 50.0 Å². The van der Waals surface area contributed by atoms with Crippen LogP contribution in [0.1, 0.15) is 29.8 Å². The molecule has 0 radical (unpaired) electrons. The minimum atomic E-state index is -3.84. The third-order valence-corrected chi connectivity index (χ3v) is 7.30. The minimum absolute atomic E-state index is 0.193. The van der Waals surface area contributed by atoms with Gasteiger partial charge in [-0.3, -0.25) is 20.3 Å². The SMILES string of the molecule is COc1cccc(OC)c1N1C(c2ccc(C)o2)=NNC1NS(=O)(=O)[C@H](C)Cc1cnc(C)cn1. The number of methoxy groups -OCH3 is 2. The van der Waals surface area contributed by atoms with E-state index in [0.29, 0.717) is 40.2 Å². The summed E-state index contributed by atoms with van der Waals surface area (Å²) < 4.78 is 46.3. The van der Waals surface area contributed by atoms with E-state index in [2.05, 4.69) is 25.2 Å². The summed E-state index contributed by atoms with van der Waals surface area (Å²) in [6.45, 7) is 5.25. The number of hydrogen-bond acceptors (Lipinski definition) is 10. The Morgan fingerprint density at radius 2 is 1.83 bits per heavy atom. The molecule has 2 atom stereocenters. The summed E-state index contributed by atoms with van der Waals surface area (Å²) in [7, 11) is -0.785. The predicted molar refractivity (Wildman–Crippen MR) is 131 cm³/mol. The number of furan rings is 1. The van der Waals surface area contributed by atoms with Gasteiger partial charge in [0, 0.05) is 18.8 Å². The summed E-state index contributed by atoms with van der Waals surface area (Å²) >= 11 is 0. The van der Waals surface area contributed by atoms with Crippen LogP contribution in [0.2, 0.25) is 0 Å². The normalized spacial score (nSPS) is 16.5. The maximum atomic E-state index is 13.3. The predicted octanol–water partition coefficient (Wildman–Crippen LogP) is 2.31. The number of aryl methyl sites for hydroxylation is 2. The van der Waals surface area contributed by atoms with Gasteiger partial charge in [-0.25, -0.2) is 8.42 Å². The fourth-order valence-corrected chi connectivity index (χ4v) is 4.76. The number of ether oxygens (including phenoxy) is 2. The van der Waals surface area contributed by atoms with E-state index in [-0.39, 0.29) is 6.42 Å². The van der Waals surface area contributed by atoms with Gasteiger partial charge in [0.1, 0.15) is 22.9 Å². The highest BCUT2D eigenvalue weighted by atomic mass is 32.2. The van der Waals surface area contributed by atoms with Crippen LogP contribution in [0.4, 0.5) is 5.69 Å². The molecular weight excluding hydrogens is 472 g/mol. The quantitative estimate of drug-likeness (QED) is 0.454. The Hall–Kier alpha value is -3.64. The maximum absolute atomic E-state index is 13.3. The van der Waals surface area contributed by atoms with Crippen molar-refractivity contribution in [2.75, 3.05) is 19.1 Å². The molecule has 3 heterocycles. The number of para-hydroxylation sites is 1. The van der Waals surface area contributed by atoms with Crippen molar-refractivity contribution in [2.24, 2.45) is 5.10 Å². The summed E-state index contributed by atoms with van der Waals surface area (Å²) in [6, 6.07) is 8.86. The molecule has 0 amide bonds. The van der Waals surface area contributed by atoms with Gasteiger partial charge < -0.3 is 13.9 Å². The van der Waals surface area contributed by atoms with E-state index >= 15 is 0 Å². The molecule has 0 fully saturated rings. The first-order chi connectivity index (χ1) is 16.7. The van der Waals surface area contributed by atoms with Crippen LogP contribution in [0.15, 0.2) is 52.2 Å². The van der Waals surface area contributed by atoms with Gasteiger partial charge in [0.25, 0.3) is 0 Å². The molecule has 35 heavy (non-hydrogen) atoms. The minimum Gasteiger partial charge on any atom is -0.494 e. The third-order valence-electron chi connectivity index (χ3n) is 5.52. The summed E-state index contributed by atoms with van der Waals surface area (Å²) in [5.74, 6) is 2.44. The number of nitrogens with zero attached hydrogens (tertiary/aromatic N) is 4. The molecule has 11 nitrogen and oxygen atoms in total. The molecule has 2 N–H and O–H groups in total. The molecular formula is C23H28N6O5S. The van der Waals surface area contributed by atoms with Gasteiger partial charge in [-0.15, -0.1) is 0 Å². The van der Waals surface area contributed by atoms with Gasteiger partial charge in [0.05, 0.1) is 30.9 Å². The van der Waals surface area contributed by atoms with E-state index in [1.165, 1.54) is 14.2 Å². The Kier molecular flexibility index (Phi) is 6.94. The first-order valence-electron chi connectivity index (χ1n) is 10.9. The first-order valence-corrected chi connectivity index (χ1v) is 12.5. The van der Waals surface area contributed by atoms with Crippen LogP contribution in [0.25, 0.3) is 0 Å². The molecule has 4 rings (SSSR count). The standard InChI is InChI=1S/C23H28N6O5S/c1-14-12-25-17(13-24-14)11-16(3)35(30,31)28-23-27-26-22(20-10-9-15(2)34-20)29(23)21-18(32-4)7-6-8-19(21)33-5/h6-10,12-13,16,23,27-28H,11H2,1-5H3/t16-,23?/m1/s1. The van der Waals surface area contributed by atoms with Crippen LogP contribution >= 0.6 is 0 Å². The van der Waals surface area contributed by atoms with Gasteiger partial charge in [0.2, 0.25) is 10.0 Å². The molecule has 0 saturated heterocycles. The molecule has 0 saturated carbocycles. The molecule has 0 bridgehead atoms. The van der Waals surface area contributed by atoms with Gasteiger partial charge in [-0.05, 0) is 45.0 Å². The monoisotopic (exact) mass is 500 g/mol. The molecule has 3 aromatic rings. The second kappa shape index (κ2) is 9.92. The second-order valence-electron chi connectivity index (χ2n) is 8.09. The van der Waals surface area contributed by atoms with Crippen molar-refractivity contribution >= 4 is 21.5 Å². The fraction of sp³-hybridized carbons (Fsp3) is 0.348. The lowest BCUT2D eigenvalue weighted by Crippen LogP contribution is -2.54. The molecule has 1 aliphatic rings. The van der Waals surface area contributed by atoms with Crippen molar-refractivity contribution in [1.29, 1.82) is 0 Å². The zero-order valence-electron chi connectivity index (χ0n) is 20.1. The Bertz CT molecular complexity index is 1300. The van der Waals surface area contributed by atoms with Crippen molar-refractivity contribution < 1.29 is 22.3 Å². The number of anilines is 1. The molecule has 0 spiro atoms. The van der Waals surface area contributed by atoms with Crippen LogP contribution in [0, 0.1) is 13.8 Å². The average Bonchev–Trinajstić information content (AvgIpc) is 3.45. The van der Waals surface area contributed by atoms with E-state index in [9.17, 15) is 8.42 Å². The largest absolute Gasteiger partial charge is 0.494 e. The topological polar surface area (TPSA) is 131 Å². The van der Waals surface area contributed by atoms with Crippen molar-refractivity contribution in [1.82, 2.24) is 20.1 Å². The number of hydrazone groups is 1. The van der Waals surface area contributed by atoms with Crippen LogP contribution < -0.4 is 24.5 Å². The lowest BCUT2D eigenvalue weighted by Gasteiger charge is -2.30. The number of benzene rings is 1. The molecule has 0 aliphatic carbocycles. The number of aromatic nitrogens is 2. The molecule has 2 aromatic heterocycles. The third kappa shape index (κ3) is 5.08. The van der Waals surface area contributed by atoms with E-state index in [4.69, 9.17) is 13.9 Å². The van der Waals surface area contributed by atoms with Crippen molar-refractivity contribution in [2.45, 2.75) is 38.7 Å². The Morgan fingerprint density at radius 1 is 1.11 bits per heavy atom.